The number of ether oxygens (including phenoxy) is 2. The molecule has 0 amide bonds. The van der Waals surface area contributed by atoms with Crippen LogP contribution < -0.4 is 14.8 Å². The summed E-state index contributed by atoms with van der Waals surface area (Å²) in [6.45, 7) is 2.28. The molecule has 1 saturated heterocycles. The van der Waals surface area contributed by atoms with E-state index < -0.39 is 0 Å². The summed E-state index contributed by atoms with van der Waals surface area (Å²) in [4.78, 5) is 2.36. The van der Waals surface area contributed by atoms with Gasteiger partial charge >= 0.3 is 0 Å². The third-order valence-electron chi connectivity index (χ3n) is 3.35. The normalized spacial score (nSPS) is 20.5. The van der Waals surface area contributed by atoms with Gasteiger partial charge in [-0.25, -0.2) is 0 Å². The van der Waals surface area contributed by atoms with Crippen molar-refractivity contribution in [3.05, 3.63) is 18.2 Å². The molecule has 4 nitrogen and oxygen atoms in total. The molecule has 2 rings (SSSR count). The minimum Gasteiger partial charge on any atom is -0.497 e. The Hall–Kier alpha value is -1.42. The first-order chi connectivity index (χ1) is 8.71. The SMILES string of the molecule is COc1cc(NC2CCCN(C)C2)cc(OC)c1. The number of hydrogen-bond acceptors (Lipinski definition) is 4. The van der Waals surface area contributed by atoms with Crippen molar-refractivity contribution in [2.45, 2.75) is 18.9 Å². The van der Waals surface area contributed by atoms with Gasteiger partial charge in [0.2, 0.25) is 0 Å². The zero-order valence-electron chi connectivity index (χ0n) is 11.4. The molecule has 0 aliphatic carbocycles. The Labute approximate surface area is 109 Å². The number of nitrogens with one attached hydrogen (secondary N) is 1. The highest BCUT2D eigenvalue weighted by Crippen LogP contribution is 2.27. The van der Waals surface area contributed by atoms with E-state index in [4.69, 9.17) is 9.47 Å². The van der Waals surface area contributed by atoms with Crippen LogP contribution in [-0.4, -0.2) is 45.3 Å². The summed E-state index contributed by atoms with van der Waals surface area (Å²) >= 11 is 0. The van der Waals surface area contributed by atoms with Crippen molar-refractivity contribution < 1.29 is 9.47 Å². The van der Waals surface area contributed by atoms with Crippen molar-refractivity contribution in [2.24, 2.45) is 0 Å². The van der Waals surface area contributed by atoms with Gasteiger partial charge in [-0.15, -0.1) is 0 Å². The zero-order chi connectivity index (χ0) is 13.0. The maximum atomic E-state index is 5.28. The molecule has 1 fully saturated rings. The summed E-state index contributed by atoms with van der Waals surface area (Å²) in [5.41, 5.74) is 1.06. The molecule has 1 heterocycles. The van der Waals surface area contributed by atoms with Gasteiger partial charge in [0, 0.05) is 36.5 Å². The first kappa shape index (κ1) is 13.0. The first-order valence-electron chi connectivity index (χ1n) is 6.39. The van der Waals surface area contributed by atoms with Crippen molar-refractivity contribution in [2.75, 3.05) is 39.7 Å². The molecular formula is C14H22N2O2. The summed E-state index contributed by atoms with van der Waals surface area (Å²) in [7, 11) is 5.51. The third-order valence-corrected chi connectivity index (χ3v) is 3.35. The smallest absolute Gasteiger partial charge is 0.124 e. The molecule has 1 aliphatic rings. The van der Waals surface area contributed by atoms with Crippen LogP contribution >= 0.6 is 0 Å². The zero-order valence-corrected chi connectivity index (χ0v) is 11.4. The van der Waals surface area contributed by atoms with Crippen LogP contribution in [0.3, 0.4) is 0 Å². The van der Waals surface area contributed by atoms with Crippen LogP contribution in [0.1, 0.15) is 12.8 Å². The second kappa shape index (κ2) is 5.96. The molecule has 1 aromatic carbocycles. The molecule has 1 aliphatic heterocycles. The maximum Gasteiger partial charge on any atom is 0.124 e. The van der Waals surface area contributed by atoms with E-state index in [1.165, 1.54) is 19.4 Å². The molecule has 1 aromatic rings. The Morgan fingerprint density at radius 2 is 1.83 bits per heavy atom. The van der Waals surface area contributed by atoms with Gasteiger partial charge < -0.3 is 19.7 Å². The largest absolute Gasteiger partial charge is 0.497 e. The molecule has 100 valence electrons. The van der Waals surface area contributed by atoms with Gasteiger partial charge in [-0.1, -0.05) is 0 Å². The molecule has 1 atom stereocenters. The quantitative estimate of drug-likeness (QED) is 0.888. The van der Waals surface area contributed by atoms with Gasteiger partial charge in [0.05, 0.1) is 14.2 Å². The first-order valence-corrected chi connectivity index (χ1v) is 6.39. The van der Waals surface area contributed by atoms with Gasteiger partial charge in [-0.3, -0.25) is 0 Å². The third kappa shape index (κ3) is 3.29. The fraction of sp³-hybridized carbons (Fsp3) is 0.571. The molecule has 18 heavy (non-hydrogen) atoms. The van der Waals surface area contributed by atoms with Gasteiger partial charge in [0.15, 0.2) is 0 Å². The number of anilines is 1. The van der Waals surface area contributed by atoms with Crippen molar-refractivity contribution >= 4 is 5.69 Å². The lowest BCUT2D eigenvalue weighted by Gasteiger charge is -2.31. The van der Waals surface area contributed by atoms with Gasteiger partial charge in [0.1, 0.15) is 11.5 Å². The van der Waals surface area contributed by atoms with Crippen molar-refractivity contribution in [3.63, 3.8) is 0 Å². The average Bonchev–Trinajstić information content (AvgIpc) is 2.38. The number of likely N-dealkylation sites (tertiary alicyclic amines) is 1. The van der Waals surface area contributed by atoms with Crippen LogP contribution in [0.25, 0.3) is 0 Å². The molecule has 1 unspecified atom stereocenters. The lowest BCUT2D eigenvalue weighted by atomic mass is 10.1. The maximum absolute atomic E-state index is 5.28. The second-order valence-electron chi connectivity index (χ2n) is 4.85. The van der Waals surface area contributed by atoms with E-state index in [9.17, 15) is 0 Å². The summed E-state index contributed by atoms with van der Waals surface area (Å²) in [6.07, 6.45) is 2.46. The number of methoxy groups -OCH3 is 2. The minimum absolute atomic E-state index is 0.501. The van der Waals surface area contributed by atoms with Crippen LogP contribution in [0.2, 0.25) is 0 Å². The topological polar surface area (TPSA) is 33.7 Å². The Bertz CT molecular complexity index is 373. The molecule has 0 saturated carbocycles. The van der Waals surface area contributed by atoms with E-state index in [1.54, 1.807) is 14.2 Å². The Balaban J connectivity index is 2.07. The summed E-state index contributed by atoms with van der Waals surface area (Å²) in [5.74, 6) is 1.64. The average molecular weight is 250 g/mol. The molecule has 0 bridgehead atoms. The summed E-state index contributed by atoms with van der Waals surface area (Å²) in [6, 6.07) is 6.41. The fourth-order valence-corrected chi connectivity index (χ4v) is 2.41. The molecule has 0 spiro atoms. The van der Waals surface area contributed by atoms with Crippen LogP contribution in [0.15, 0.2) is 18.2 Å². The molecule has 4 heteroatoms. The Morgan fingerprint density at radius 3 is 2.39 bits per heavy atom. The summed E-state index contributed by atoms with van der Waals surface area (Å²) in [5, 5.41) is 3.56. The van der Waals surface area contributed by atoms with E-state index in [-0.39, 0.29) is 0 Å². The van der Waals surface area contributed by atoms with Gasteiger partial charge in [-0.05, 0) is 26.4 Å². The number of likely N-dealkylation sites (N-methyl/N-ethyl adjacent to an activating group) is 1. The molecular weight excluding hydrogens is 228 g/mol. The highest BCUT2D eigenvalue weighted by molar-refractivity contribution is 5.54. The standard InChI is InChI=1S/C14H22N2O2/c1-16-6-4-5-11(10-16)15-12-7-13(17-2)9-14(8-12)18-3/h7-9,11,15H,4-6,10H2,1-3H3. The Kier molecular flexibility index (Phi) is 4.31. The van der Waals surface area contributed by atoms with Crippen LogP contribution in [0.5, 0.6) is 11.5 Å². The highest BCUT2D eigenvalue weighted by atomic mass is 16.5. The predicted molar refractivity (Wildman–Crippen MR) is 73.7 cm³/mol. The lowest BCUT2D eigenvalue weighted by Crippen LogP contribution is -2.39. The van der Waals surface area contributed by atoms with E-state index in [0.29, 0.717) is 6.04 Å². The van der Waals surface area contributed by atoms with Crippen molar-refractivity contribution in [1.29, 1.82) is 0 Å². The number of hydrogen-bond donors (Lipinski definition) is 1. The number of nitrogens with zero attached hydrogens (tertiary/aromatic N) is 1. The van der Waals surface area contributed by atoms with Crippen molar-refractivity contribution in [1.82, 2.24) is 4.90 Å². The number of benzene rings is 1. The van der Waals surface area contributed by atoms with Crippen LogP contribution in [0, 0.1) is 0 Å². The Morgan fingerprint density at radius 1 is 1.17 bits per heavy atom. The highest BCUT2D eigenvalue weighted by Gasteiger charge is 2.17. The monoisotopic (exact) mass is 250 g/mol. The minimum atomic E-state index is 0.501. The lowest BCUT2D eigenvalue weighted by molar-refractivity contribution is 0.261. The predicted octanol–water partition coefficient (Wildman–Crippen LogP) is 2.21. The van der Waals surface area contributed by atoms with E-state index in [2.05, 4.69) is 17.3 Å². The van der Waals surface area contributed by atoms with E-state index in [0.717, 1.165) is 23.7 Å². The second-order valence-corrected chi connectivity index (χ2v) is 4.85. The van der Waals surface area contributed by atoms with Crippen LogP contribution in [0.4, 0.5) is 5.69 Å². The number of piperidine rings is 1. The van der Waals surface area contributed by atoms with E-state index >= 15 is 0 Å². The fourth-order valence-electron chi connectivity index (χ4n) is 2.41. The van der Waals surface area contributed by atoms with E-state index in [1.807, 2.05) is 18.2 Å². The van der Waals surface area contributed by atoms with Gasteiger partial charge in [0.25, 0.3) is 0 Å². The summed E-state index contributed by atoms with van der Waals surface area (Å²) < 4.78 is 10.6. The molecule has 1 N–H and O–H groups in total. The van der Waals surface area contributed by atoms with Gasteiger partial charge in [-0.2, -0.15) is 0 Å². The number of rotatable bonds is 4. The van der Waals surface area contributed by atoms with Crippen LogP contribution in [-0.2, 0) is 0 Å². The molecule has 0 radical (unpaired) electrons. The van der Waals surface area contributed by atoms with Crippen molar-refractivity contribution in [3.8, 4) is 11.5 Å². The molecule has 0 aromatic heterocycles.